The minimum atomic E-state index is -0.660. The summed E-state index contributed by atoms with van der Waals surface area (Å²) in [5, 5.41) is 13.3. The van der Waals surface area contributed by atoms with E-state index in [4.69, 9.17) is 23.7 Å². The lowest BCUT2D eigenvalue weighted by molar-refractivity contribution is -0.172. The van der Waals surface area contributed by atoms with Crippen LogP contribution >= 0.6 is 0 Å². The summed E-state index contributed by atoms with van der Waals surface area (Å²) < 4.78 is 30.0. The smallest absolute Gasteiger partial charge is 0.306 e. The largest absolute Gasteiger partial charge is 0.497 e. The van der Waals surface area contributed by atoms with Gasteiger partial charge in [-0.25, -0.2) is 0 Å². The maximum atomic E-state index is 12.8. The SMILES string of the molecule is COC(=O)C[C@@H](c1ccc(OC)cc1)[C@@H]1[C@@H](OCc2ccccc2)[C@H](OCc2ccccc2)[C@H](COCc2ccccc2)N1O. The van der Waals surface area contributed by atoms with Gasteiger partial charge in [-0.05, 0) is 34.4 Å². The van der Waals surface area contributed by atoms with Gasteiger partial charge in [0.2, 0.25) is 0 Å². The van der Waals surface area contributed by atoms with Gasteiger partial charge in [0.05, 0.1) is 59.2 Å². The zero-order valence-electron chi connectivity index (χ0n) is 25.7. The number of hydrogen-bond acceptors (Lipinski definition) is 8. The quantitative estimate of drug-likeness (QED) is 0.160. The second-order valence-electron chi connectivity index (χ2n) is 11.1. The van der Waals surface area contributed by atoms with E-state index in [0.29, 0.717) is 25.6 Å². The molecule has 8 nitrogen and oxygen atoms in total. The number of carbonyl (C=O) groups excluding carboxylic acids is 1. The van der Waals surface area contributed by atoms with Crippen LogP contribution in [0, 0.1) is 0 Å². The molecule has 1 heterocycles. The van der Waals surface area contributed by atoms with Crippen LogP contribution in [-0.2, 0) is 43.6 Å². The molecule has 0 unspecified atom stereocenters. The number of methoxy groups -OCH3 is 2. The average Bonchev–Trinajstić information content (AvgIpc) is 3.35. The van der Waals surface area contributed by atoms with Crippen LogP contribution in [0.5, 0.6) is 5.75 Å². The van der Waals surface area contributed by atoms with E-state index in [2.05, 4.69) is 0 Å². The van der Waals surface area contributed by atoms with E-state index in [1.807, 2.05) is 115 Å². The highest BCUT2D eigenvalue weighted by Gasteiger charge is 2.54. The monoisotopic (exact) mass is 611 g/mol. The van der Waals surface area contributed by atoms with Gasteiger partial charge in [-0.3, -0.25) is 4.79 Å². The fourth-order valence-corrected chi connectivity index (χ4v) is 5.87. The molecule has 8 heteroatoms. The number of hydrogen-bond donors (Lipinski definition) is 1. The number of ether oxygens (including phenoxy) is 5. The predicted molar refractivity (Wildman–Crippen MR) is 170 cm³/mol. The van der Waals surface area contributed by atoms with Crippen molar-refractivity contribution in [3.63, 3.8) is 0 Å². The molecular weight excluding hydrogens is 570 g/mol. The summed E-state index contributed by atoms with van der Waals surface area (Å²) in [6.07, 6.45) is -1.18. The summed E-state index contributed by atoms with van der Waals surface area (Å²) in [5.41, 5.74) is 3.85. The molecule has 1 fully saturated rings. The molecule has 236 valence electrons. The van der Waals surface area contributed by atoms with Crippen molar-refractivity contribution in [1.82, 2.24) is 5.06 Å². The molecule has 5 rings (SSSR count). The highest BCUT2D eigenvalue weighted by Crippen LogP contribution is 2.40. The van der Waals surface area contributed by atoms with Gasteiger partial charge in [0.1, 0.15) is 18.0 Å². The Labute approximate surface area is 265 Å². The highest BCUT2D eigenvalue weighted by atomic mass is 16.6. The molecule has 0 amide bonds. The third-order valence-electron chi connectivity index (χ3n) is 8.23. The first-order valence-corrected chi connectivity index (χ1v) is 15.2. The Morgan fingerprint density at radius 3 is 1.73 bits per heavy atom. The molecule has 0 radical (unpaired) electrons. The Kier molecular flexibility index (Phi) is 11.7. The van der Waals surface area contributed by atoms with Gasteiger partial charge in [-0.2, -0.15) is 5.06 Å². The summed E-state index contributed by atoms with van der Waals surface area (Å²) in [6, 6.07) is 35.9. The standard InChI is InChI=1S/C37H41NO7/c1-41-31-20-18-30(19-21-31)32(22-34(39)42-2)35-37(45-25-29-16-10-5-11-17-29)36(44-24-28-14-8-4-9-15-28)33(38(35)40)26-43-23-27-12-6-3-7-13-27/h3-21,32-33,35-37,40H,22-26H2,1-2H3/t32-,33-,35+,36+,37+/m0/s1. The number of esters is 1. The van der Waals surface area contributed by atoms with Gasteiger partial charge in [-0.15, -0.1) is 0 Å². The first-order valence-electron chi connectivity index (χ1n) is 15.2. The zero-order valence-corrected chi connectivity index (χ0v) is 25.7. The molecule has 0 aromatic heterocycles. The van der Waals surface area contributed by atoms with Crippen LogP contribution in [0.3, 0.4) is 0 Å². The van der Waals surface area contributed by atoms with E-state index in [1.54, 1.807) is 7.11 Å². The molecule has 1 aliphatic heterocycles. The molecule has 0 bridgehead atoms. The summed E-state index contributed by atoms with van der Waals surface area (Å²) >= 11 is 0. The highest BCUT2D eigenvalue weighted by molar-refractivity contribution is 5.70. The Morgan fingerprint density at radius 1 is 0.711 bits per heavy atom. The Balaban J connectivity index is 1.50. The van der Waals surface area contributed by atoms with E-state index in [1.165, 1.54) is 12.2 Å². The average molecular weight is 612 g/mol. The summed E-state index contributed by atoms with van der Waals surface area (Å²) in [5.74, 6) is -0.191. The van der Waals surface area contributed by atoms with Crippen molar-refractivity contribution in [3.05, 3.63) is 138 Å². The van der Waals surface area contributed by atoms with E-state index in [-0.39, 0.29) is 13.0 Å². The third-order valence-corrected chi connectivity index (χ3v) is 8.23. The van der Waals surface area contributed by atoms with Crippen LogP contribution in [0.2, 0.25) is 0 Å². The number of hydroxylamine groups is 2. The van der Waals surface area contributed by atoms with Crippen molar-refractivity contribution < 1.29 is 33.7 Å². The zero-order chi connectivity index (χ0) is 31.4. The second-order valence-corrected chi connectivity index (χ2v) is 11.1. The van der Waals surface area contributed by atoms with E-state index in [9.17, 15) is 10.0 Å². The van der Waals surface area contributed by atoms with Gasteiger partial charge in [0.15, 0.2) is 0 Å². The number of rotatable bonds is 15. The van der Waals surface area contributed by atoms with E-state index in [0.717, 1.165) is 22.3 Å². The third kappa shape index (κ3) is 8.57. The second kappa shape index (κ2) is 16.3. The van der Waals surface area contributed by atoms with E-state index >= 15 is 0 Å². The van der Waals surface area contributed by atoms with Gasteiger partial charge in [0, 0.05) is 5.92 Å². The predicted octanol–water partition coefficient (Wildman–Crippen LogP) is 6.17. The molecule has 1 saturated heterocycles. The first-order chi connectivity index (χ1) is 22.1. The first kappa shape index (κ1) is 32.3. The minimum Gasteiger partial charge on any atom is -0.497 e. The number of benzene rings is 4. The Bertz CT molecular complexity index is 1440. The normalized spacial score (nSPS) is 20.5. The lowest BCUT2D eigenvalue weighted by Crippen LogP contribution is -2.43. The van der Waals surface area contributed by atoms with Gasteiger partial charge in [-0.1, -0.05) is 103 Å². The minimum absolute atomic E-state index is 0.0265. The number of carbonyl (C=O) groups is 1. The van der Waals surface area contributed by atoms with Crippen LogP contribution < -0.4 is 4.74 Å². The van der Waals surface area contributed by atoms with Crippen molar-refractivity contribution in [2.45, 2.75) is 56.5 Å². The van der Waals surface area contributed by atoms with Gasteiger partial charge >= 0.3 is 5.97 Å². The summed E-state index contributed by atoms with van der Waals surface area (Å²) in [6.45, 7) is 1.17. The van der Waals surface area contributed by atoms with Crippen molar-refractivity contribution in [2.75, 3.05) is 20.8 Å². The van der Waals surface area contributed by atoms with Crippen LogP contribution in [0.4, 0.5) is 0 Å². The fourth-order valence-electron chi connectivity index (χ4n) is 5.87. The summed E-state index contributed by atoms with van der Waals surface area (Å²) in [7, 11) is 2.98. The van der Waals surface area contributed by atoms with Crippen molar-refractivity contribution in [3.8, 4) is 5.75 Å². The molecule has 0 saturated carbocycles. The van der Waals surface area contributed by atoms with Crippen LogP contribution in [-0.4, -0.2) is 61.4 Å². The topological polar surface area (TPSA) is 86.7 Å². The molecular formula is C37H41NO7. The molecule has 1 N–H and O–H groups in total. The fraction of sp³-hybridized carbons (Fsp3) is 0.324. The molecule has 5 atom stereocenters. The van der Waals surface area contributed by atoms with E-state index < -0.39 is 36.2 Å². The molecule has 0 aliphatic carbocycles. The lowest BCUT2D eigenvalue weighted by atomic mass is 9.85. The van der Waals surface area contributed by atoms with Crippen LogP contribution in [0.25, 0.3) is 0 Å². The molecule has 4 aromatic carbocycles. The molecule has 45 heavy (non-hydrogen) atoms. The van der Waals surface area contributed by atoms with Crippen molar-refractivity contribution >= 4 is 5.97 Å². The maximum absolute atomic E-state index is 12.8. The van der Waals surface area contributed by atoms with Gasteiger partial charge < -0.3 is 28.9 Å². The molecule has 1 aliphatic rings. The molecule has 4 aromatic rings. The van der Waals surface area contributed by atoms with Crippen molar-refractivity contribution in [1.29, 1.82) is 0 Å². The number of nitrogens with zero attached hydrogens (tertiary/aromatic N) is 1. The summed E-state index contributed by atoms with van der Waals surface area (Å²) in [4.78, 5) is 12.8. The van der Waals surface area contributed by atoms with Gasteiger partial charge in [0.25, 0.3) is 0 Å². The van der Waals surface area contributed by atoms with Crippen molar-refractivity contribution in [2.24, 2.45) is 0 Å². The maximum Gasteiger partial charge on any atom is 0.306 e. The van der Waals surface area contributed by atoms with Crippen LogP contribution in [0.1, 0.15) is 34.6 Å². The Hall–Kier alpha value is -4.05. The van der Waals surface area contributed by atoms with Crippen LogP contribution in [0.15, 0.2) is 115 Å². The molecule has 0 spiro atoms. The lowest BCUT2D eigenvalue weighted by Gasteiger charge is -2.32. The Morgan fingerprint density at radius 2 is 1.22 bits per heavy atom.